The molecular weight excluding hydrogens is 269 g/mol. The SMILES string of the molecule is CN(Cc1ccc(C=CC(=O)O)cc1)c1ccccc1F. The number of hydrogen-bond donors (Lipinski definition) is 1. The Labute approximate surface area is 123 Å². The van der Waals surface area contributed by atoms with Crippen molar-refractivity contribution in [2.24, 2.45) is 0 Å². The average Bonchev–Trinajstić information content (AvgIpc) is 2.47. The molecule has 108 valence electrons. The molecule has 0 aliphatic carbocycles. The number of anilines is 1. The van der Waals surface area contributed by atoms with E-state index in [2.05, 4.69) is 0 Å². The van der Waals surface area contributed by atoms with Crippen LogP contribution in [0.15, 0.2) is 54.6 Å². The first-order chi connectivity index (χ1) is 10.1. The summed E-state index contributed by atoms with van der Waals surface area (Å²) in [7, 11) is 1.83. The number of para-hydroxylation sites is 1. The molecule has 0 aliphatic rings. The van der Waals surface area contributed by atoms with E-state index in [0.717, 1.165) is 17.2 Å². The van der Waals surface area contributed by atoms with Gasteiger partial charge in [0.05, 0.1) is 5.69 Å². The first-order valence-corrected chi connectivity index (χ1v) is 6.52. The second-order valence-corrected chi connectivity index (χ2v) is 4.72. The topological polar surface area (TPSA) is 40.5 Å². The molecule has 0 heterocycles. The van der Waals surface area contributed by atoms with Gasteiger partial charge in [0, 0.05) is 19.7 Å². The van der Waals surface area contributed by atoms with Gasteiger partial charge in [-0.05, 0) is 29.3 Å². The van der Waals surface area contributed by atoms with Crippen molar-refractivity contribution in [3.63, 3.8) is 0 Å². The highest BCUT2D eigenvalue weighted by atomic mass is 19.1. The van der Waals surface area contributed by atoms with Crippen LogP contribution in [0.1, 0.15) is 11.1 Å². The van der Waals surface area contributed by atoms with Crippen molar-refractivity contribution in [1.29, 1.82) is 0 Å². The number of aliphatic carboxylic acids is 1. The van der Waals surface area contributed by atoms with Gasteiger partial charge in [0.15, 0.2) is 0 Å². The second kappa shape index (κ2) is 6.70. The Balaban J connectivity index is 2.07. The summed E-state index contributed by atoms with van der Waals surface area (Å²) in [6.45, 7) is 0.573. The molecule has 0 spiro atoms. The van der Waals surface area contributed by atoms with Gasteiger partial charge in [-0.15, -0.1) is 0 Å². The van der Waals surface area contributed by atoms with Crippen LogP contribution in [0.4, 0.5) is 10.1 Å². The minimum atomic E-state index is -0.974. The molecule has 21 heavy (non-hydrogen) atoms. The number of rotatable bonds is 5. The Bertz CT molecular complexity index is 650. The lowest BCUT2D eigenvalue weighted by Gasteiger charge is -2.20. The summed E-state index contributed by atoms with van der Waals surface area (Å²) in [6.07, 6.45) is 2.63. The van der Waals surface area contributed by atoms with Crippen LogP contribution >= 0.6 is 0 Å². The summed E-state index contributed by atoms with van der Waals surface area (Å²) in [4.78, 5) is 12.3. The Morgan fingerprint density at radius 3 is 2.48 bits per heavy atom. The van der Waals surface area contributed by atoms with Crippen molar-refractivity contribution in [3.8, 4) is 0 Å². The van der Waals surface area contributed by atoms with Gasteiger partial charge in [0.2, 0.25) is 0 Å². The van der Waals surface area contributed by atoms with Gasteiger partial charge in [-0.1, -0.05) is 36.4 Å². The molecule has 0 fully saturated rings. The third-order valence-corrected chi connectivity index (χ3v) is 3.08. The van der Waals surface area contributed by atoms with E-state index in [4.69, 9.17) is 5.11 Å². The molecule has 0 atom stereocenters. The maximum atomic E-state index is 13.7. The summed E-state index contributed by atoms with van der Waals surface area (Å²) >= 11 is 0. The summed E-state index contributed by atoms with van der Waals surface area (Å²) in [5.41, 5.74) is 2.38. The Hall–Kier alpha value is -2.62. The molecule has 1 N–H and O–H groups in total. The normalized spacial score (nSPS) is 10.8. The fourth-order valence-corrected chi connectivity index (χ4v) is 2.02. The van der Waals surface area contributed by atoms with E-state index < -0.39 is 5.97 Å². The largest absolute Gasteiger partial charge is 0.478 e. The number of halogens is 1. The average molecular weight is 285 g/mol. The molecule has 2 aromatic rings. The van der Waals surface area contributed by atoms with E-state index in [9.17, 15) is 9.18 Å². The highest BCUT2D eigenvalue weighted by Gasteiger charge is 2.06. The zero-order valence-corrected chi connectivity index (χ0v) is 11.7. The van der Waals surface area contributed by atoms with Gasteiger partial charge < -0.3 is 10.0 Å². The molecule has 0 saturated heterocycles. The minimum absolute atomic E-state index is 0.249. The van der Waals surface area contributed by atoms with E-state index in [1.54, 1.807) is 18.2 Å². The van der Waals surface area contributed by atoms with Crippen molar-refractivity contribution in [2.45, 2.75) is 6.54 Å². The molecule has 0 unspecified atom stereocenters. The number of carbonyl (C=O) groups is 1. The van der Waals surface area contributed by atoms with Gasteiger partial charge in [0.25, 0.3) is 0 Å². The zero-order chi connectivity index (χ0) is 15.2. The van der Waals surface area contributed by atoms with E-state index in [0.29, 0.717) is 12.2 Å². The maximum absolute atomic E-state index is 13.7. The van der Waals surface area contributed by atoms with Crippen LogP contribution in [0.3, 0.4) is 0 Å². The molecule has 0 amide bonds. The summed E-state index contributed by atoms with van der Waals surface area (Å²) in [5.74, 6) is -1.22. The van der Waals surface area contributed by atoms with Crippen LogP contribution in [0.2, 0.25) is 0 Å². The monoisotopic (exact) mass is 285 g/mol. The zero-order valence-electron chi connectivity index (χ0n) is 11.7. The van der Waals surface area contributed by atoms with Gasteiger partial charge in [-0.2, -0.15) is 0 Å². The lowest BCUT2D eigenvalue weighted by molar-refractivity contribution is -0.131. The van der Waals surface area contributed by atoms with Crippen molar-refractivity contribution >= 4 is 17.7 Å². The summed E-state index contributed by atoms with van der Waals surface area (Å²) in [5, 5.41) is 8.57. The van der Waals surface area contributed by atoms with Crippen molar-refractivity contribution < 1.29 is 14.3 Å². The van der Waals surface area contributed by atoms with Gasteiger partial charge in [-0.25, -0.2) is 9.18 Å². The number of nitrogens with zero attached hydrogens (tertiary/aromatic N) is 1. The molecule has 0 saturated carbocycles. The molecule has 0 radical (unpaired) electrons. The Kier molecular flexibility index (Phi) is 4.72. The van der Waals surface area contributed by atoms with E-state index in [1.165, 1.54) is 12.1 Å². The van der Waals surface area contributed by atoms with Gasteiger partial charge in [0.1, 0.15) is 5.82 Å². The fourth-order valence-electron chi connectivity index (χ4n) is 2.02. The number of hydrogen-bond acceptors (Lipinski definition) is 2. The van der Waals surface area contributed by atoms with Gasteiger partial charge in [-0.3, -0.25) is 0 Å². The highest BCUT2D eigenvalue weighted by Crippen LogP contribution is 2.19. The van der Waals surface area contributed by atoms with E-state index in [1.807, 2.05) is 36.2 Å². The van der Waals surface area contributed by atoms with Crippen LogP contribution in [-0.4, -0.2) is 18.1 Å². The van der Waals surface area contributed by atoms with E-state index in [-0.39, 0.29) is 5.82 Å². The predicted molar refractivity (Wildman–Crippen MR) is 81.6 cm³/mol. The second-order valence-electron chi connectivity index (χ2n) is 4.72. The van der Waals surface area contributed by atoms with Crippen molar-refractivity contribution in [3.05, 3.63) is 71.6 Å². The molecule has 4 heteroatoms. The van der Waals surface area contributed by atoms with Crippen molar-refractivity contribution in [1.82, 2.24) is 0 Å². The minimum Gasteiger partial charge on any atom is -0.478 e. The molecule has 0 aliphatic heterocycles. The Morgan fingerprint density at radius 2 is 1.86 bits per heavy atom. The molecule has 2 rings (SSSR count). The van der Waals surface area contributed by atoms with Gasteiger partial charge >= 0.3 is 5.97 Å². The molecule has 0 bridgehead atoms. The maximum Gasteiger partial charge on any atom is 0.328 e. The third-order valence-electron chi connectivity index (χ3n) is 3.08. The standard InChI is InChI=1S/C17H16FNO2/c1-19(16-5-3-2-4-15(16)18)12-14-8-6-13(7-9-14)10-11-17(20)21/h2-11H,12H2,1H3,(H,20,21). The third kappa shape index (κ3) is 4.18. The number of benzene rings is 2. The first kappa shape index (κ1) is 14.8. The predicted octanol–water partition coefficient (Wildman–Crippen LogP) is 3.56. The smallest absolute Gasteiger partial charge is 0.328 e. The molecule has 0 aromatic heterocycles. The number of carboxylic acid groups (broad SMARTS) is 1. The summed E-state index contributed by atoms with van der Waals surface area (Å²) < 4.78 is 13.7. The molecular formula is C17H16FNO2. The lowest BCUT2D eigenvalue weighted by Crippen LogP contribution is -2.17. The molecule has 3 nitrogen and oxygen atoms in total. The van der Waals surface area contributed by atoms with Crippen LogP contribution in [0.5, 0.6) is 0 Å². The van der Waals surface area contributed by atoms with Crippen LogP contribution in [0.25, 0.3) is 6.08 Å². The Morgan fingerprint density at radius 1 is 1.19 bits per heavy atom. The lowest BCUT2D eigenvalue weighted by atomic mass is 10.1. The molecule has 2 aromatic carbocycles. The fraction of sp³-hybridized carbons (Fsp3) is 0.118. The van der Waals surface area contributed by atoms with Crippen LogP contribution in [-0.2, 0) is 11.3 Å². The quantitative estimate of drug-likeness (QED) is 0.854. The van der Waals surface area contributed by atoms with Crippen LogP contribution < -0.4 is 4.90 Å². The van der Waals surface area contributed by atoms with Crippen LogP contribution in [0, 0.1) is 5.82 Å². The first-order valence-electron chi connectivity index (χ1n) is 6.52. The number of carboxylic acids is 1. The highest BCUT2D eigenvalue weighted by molar-refractivity contribution is 5.85. The summed E-state index contributed by atoms with van der Waals surface area (Å²) in [6, 6.07) is 14.1. The van der Waals surface area contributed by atoms with E-state index >= 15 is 0 Å². The van der Waals surface area contributed by atoms with Crippen molar-refractivity contribution in [2.75, 3.05) is 11.9 Å².